The van der Waals surface area contributed by atoms with Crippen molar-refractivity contribution in [3.8, 4) is 17.2 Å². The minimum absolute atomic E-state index is 0.254. The van der Waals surface area contributed by atoms with Gasteiger partial charge in [-0.1, -0.05) is 102 Å². The number of methoxy groups -OCH3 is 1. The van der Waals surface area contributed by atoms with Crippen LogP contribution in [0, 0.1) is 0 Å². The molecule has 0 N–H and O–H groups in total. The van der Waals surface area contributed by atoms with Crippen LogP contribution in [0.3, 0.4) is 0 Å². The molecule has 0 bridgehead atoms. The number of unbranched alkanes of at least 4 members (excludes halogenated alkanes) is 10. The number of fused-ring (bicyclic) bond motifs is 1. The van der Waals surface area contributed by atoms with Crippen LogP contribution in [-0.2, 0) is 9.59 Å². The molecule has 0 radical (unpaired) electrons. The molecule has 5 nitrogen and oxygen atoms in total. The quantitative estimate of drug-likeness (QED) is 0.133. The largest absolute Gasteiger partial charge is 0.493 e. The molecular formula is C29H42O5. The average Bonchev–Trinajstić information content (AvgIpc) is 2.84. The highest BCUT2D eigenvalue weighted by molar-refractivity contribution is 5.98. The molecule has 0 aliphatic carbocycles. The second kappa shape index (κ2) is 16.1. The molecule has 0 saturated heterocycles. The van der Waals surface area contributed by atoms with E-state index in [9.17, 15) is 9.59 Å². The Kier molecular flexibility index (Phi) is 13.1. The van der Waals surface area contributed by atoms with Crippen molar-refractivity contribution in [2.75, 3.05) is 7.11 Å². The maximum Gasteiger partial charge on any atom is 0.311 e. The summed E-state index contributed by atoms with van der Waals surface area (Å²) in [6.45, 7) is 4.38. The van der Waals surface area contributed by atoms with Crippen molar-refractivity contribution in [1.82, 2.24) is 0 Å². The fourth-order valence-corrected chi connectivity index (χ4v) is 4.07. The second-order valence-electron chi connectivity index (χ2n) is 8.94. The first-order valence-electron chi connectivity index (χ1n) is 13.1. The third-order valence-electron chi connectivity index (χ3n) is 6.05. The number of rotatable bonds is 17. The first-order valence-corrected chi connectivity index (χ1v) is 13.1. The minimum atomic E-state index is -0.272. The van der Waals surface area contributed by atoms with Crippen molar-refractivity contribution in [1.29, 1.82) is 0 Å². The lowest BCUT2D eigenvalue weighted by Gasteiger charge is -2.15. The van der Waals surface area contributed by atoms with E-state index in [1.54, 1.807) is 6.07 Å². The number of esters is 2. The summed E-state index contributed by atoms with van der Waals surface area (Å²) in [6, 6.07) is 9.12. The highest BCUT2D eigenvalue weighted by atomic mass is 16.6. The molecule has 2 rings (SSSR count). The summed E-state index contributed by atoms with van der Waals surface area (Å²) in [5.74, 6) is 0.670. The smallest absolute Gasteiger partial charge is 0.311 e. The summed E-state index contributed by atoms with van der Waals surface area (Å²) in [7, 11) is 1.52. The molecule has 0 amide bonds. The van der Waals surface area contributed by atoms with Gasteiger partial charge in [-0.25, -0.2) is 0 Å². The highest BCUT2D eigenvalue weighted by Crippen LogP contribution is 2.42. The molecule has 188 valence electrons. The SMILES string of the molecule is CCCCCCCCC(=O)Oc1cc(OC)c(OC(=O)CCCCCCCC)c2ccccc12. The van der Waals surface area contributed by atoms with Crippen molar-refractivity contribution in [2.45, 2.75) is 104 Å². The summed E-state index contributed by atoms with van der Waals surface area (Å²) in [4.78, 5) is 25.0. The number of carbonyl (C=O) groups is 2. The van der Waals surface area contributed by atoms with Crippen molar-refractivity contribution in [2.24, 2.45) is 0 Å². The van der Waals surface area contributed by atoms with Crippen LogP contribution in [0.4, 0.5) is 0 Å². The van der Waals surface area contributed by atoms with Gasteiger partial charge >= 0.3 is 11.9 Å². The third-order valence-corrected chi connectivity index (χ3v) is 6.05. The van der Waals surface area contributed by atoms with Gasteiger partial charge in [-0.15, -0.1) is 0 Å². The predicted octanol–water partition coefficient (Wildman–Crippen LogP) is 8.16. The molecule has 0 aromatic heterocycles. The zero-order chi connectivity index (χ0) is 24.6. The van der Waals surface area contributed by atoms with Gasteiger partial charge in [0.25, 0.3) is 0 Å². The van der Waals surface area contributed by atoms with Crippen LogP contribution in [0.1, 0.15) is 104 Å². The Morgan fingerprint density at radius 3 is 1.71 bits per heavy atom. The van der Waals surface area contributed by atoms with E-state index in [-0.39, 0.29) is 11.9 Å². The van der Waals surface area contributed by atoms with E-state index in [4.69, 9.17) is 14.2 Å². The zero-order valence-electron chi connectivity index (χ0n) is 21.3. The van der Waals surface area contributed by atoms with Gasteiger partial charge in [0.1, 0.15) is 5.75 Å². The summed E-state index contributed by atoms with van der Waals surface area (Å²) in [5.41, 5.74) is 0. The minimum Gasteiger partial charge on any atom is -0.493 e. The van der Waals surface area contributed by atoms with Crippen molar-refractivity contribution in [3.05, 3.63) is 30.3 Å². The number of carbonyl (C=O) groups excluding carboxylic acids is 2. The van der Waals surface area contributed by atoms with Crippen LogP contribution in [0.5, 0.6) is 17.2 Å². The molecular weight excluding hydrogens is 428 g/mol. The van der Waals surface area contributed by atoms with Crippen molar-refractivity contribution in [3.63, 3.8) is 0 Å². The summed E-state index contributed by atoms with van der Waals surface area (Å²) < 4.78 is 17.0. The molecule has 0 fully saturated rings. The maximum absolute atomic E-state index is 12.5. The standard InChI is InChI=1S/C29H42O5/c1-4-6-8-10-12-14-20-27(30)33-25-22-26(32-3)29(24-19-17-16-18-23(24)25)34-28(31)21-15-13-11-9-7-5-2/h16-19,22H,4-15,20-21H2,1-3H3. The first-order chi connectivity index (χ1) is 16.6. The lowest BCUT2D eigenvalue weighted by molar-refractivity contribution is -0.135. The van der Waals surface area contributed by atoms with Crippen LogP contribution in [0.15, 0.2) is 30.3 Å². The Hall–Kier alpha value is -2.56. The van der Waals surface area contributed by atoms with Gasteiger partial charge in [0.05, 0.1) is 7.11 Å². The molecule has 2 aromatic carbocycles. The second-order valence-corrected chi connectivity index (χ2v) is 8.94. The molecule has 0 spiro atoms. The summed E-state index contributed by atoms with van der Waals surface area (Å²) >= 11 is 0. The molecule has 0 unspecified atom stereocenters. The Morgan fingerprint density at radius 1 is 0.647 bits per heavy atom. The molecule has 0 aliphatic heterocycles. The molecule has 2 aromatic rings. The monoisotopic (exact) mass is 470 g/mol. The molecule has 0 saturated carbocycles. The Labute approximate surface area is 205 Å². The number of hydrogen-bond donors (Lipinski definition) is 0. The van der Waals surface area contributed by atoms with Gasteiger partial charge in [0.15, 0.2) is 11.5 Å². The van der Waals surface area contributed by atoms with E-state index in [0.717, 1.165) is 43.9 Å². The number of hydrogen-bond acceptors (Lipinski definition) is 5. The molecule has 34 heavy (non-hydrogen) atoms. The topological polar surface area (TPSA) is 61.8 Å². The fourth-order valence-electron chi connectivity index (χ4n) is 4.07. The van der Waals surface area contributed by atoms with Crippen molar-refractivity contribution < 1.29 is 23.8 Å². The fraction of sp³-hybridized carbons (Fsp3) is 0.586. The van der Waals surface area contributed by atoms with E-state index in [1.807, 2.05) is 24.3 Å². The van der Waals surface area contributed by atoms with Crippen LogP contribution >= 0.6 is 0 Å². The van der Waals surface area contributed by atoms with Gasteiger partial charge in [0, 0.05) is 29.7 Å². The van der Waals surface area contributed by atoms with E-state index in [0.29, 0.717) is 35.5 Å². The van der Waals surface area contributed by atoms with E-state index >= 15 is 0 Å². The third kappa shape index (κ3) is 9.36. The molecule has 0 atom stereocenters. The lowest BCUT2D eigenvalue weighted by Crippen LogP contribution is -2.11. The predicted molar refractivity (Wildman–Crippen MR) is 138 cm³/mol. The van der Waals surface area contributed by atoms with Gasteiger partial charge in [0.2, 0.25) is 0 Å². The average molecular weight is 471 g/mol. The normalized spacial score (nSPS) is 10.9. The highest BCUT2D eigenvalue weighted by Gasteiger charge is 2.19. The number of benzene rings is 2. The molecule has 0 heterocycles. The Bertz CT molecular complexity index is 889. The van der Waals surface area contributed by atoms with E-state index in [1.165, 1.54) is 45.6 Å². The zero-order valence-corrected chi connectivity index (χ0v) is 21.3. The van der Waals surface area contributed by atoms with Gasteiger partial charge in [-0.2, -0.15) is 0 Å². The summed E-state index contributed by atoms with van der Waals surface area (Å²) in [6.07, 6.45) is 14.1. The molecule has 5 heteroatoms. The lowest BCUT2D eigenvalue weighted by atomic mass is 10.1. The Morgan fingerprint density at radius 2 is 1.15 bits per heavy atom. The van der Waals surface area contributed by atoms with Gasteiger partial charge in [-0.3, -0.25) is 9.59 Å². The summed E-state index contributed by atoms with van der Waals surface area (Å²) in [5, 5.41) is 1.42. The van der Waals surface area contributed by atoms with Crippen LogP contribution in [0.2, 0.25) is 0 Å². The Balaban J connectivity index is 2.03. The van der Waals surface area contributed by atoms with E-state index < -0.39 is 0 Å². The first kappa shape index (κ1) is 27.7. The van der Waals surface area contributed by atoms with Crippen LogP contribution in [0.25, 0.3) is 10.8 Å². The van der Waals surface area contributed by atoms with Crippen LogP contribution in [-0.4, -0.2) is 19.0 Å². The number of ether oxygens (including phenoxy) is 3. The maximum atomic E-state index is 12.5. The van der Waals surface area contributed by atoms with Crippen molar-refractivity contribution >= 4 is 22.7 Å². The van der Waals surface area contributed by atoms with Crippen LogP contribution < -0.4 is 14.2 Å². The van der Waals surface area contributed by atoms with E-state index in [2.05, 4.69) is 13.8 Å². The van der Waals surface area contributed by atoms with Gasteiger partial charge in [-0.05, 0) is 12.8 Å². The van der Waals surface area contributed by atoms with Gasteiger partial charge < -0.3 is 14.2 Å². The molecule has 0 aliphatic rings.